The molecule has 1 fully saturated rings. The van der Waals surface area contributed by atoms with Crippen LogP contribution in [0.4, 0.5) is 4.79 Å². The van der Waals surface area contributed by atoms with Gasteiger partial charge < -0.3 is 18.6 Å². The summed E-state index contributed by atoms with van der Waals surface area (Å²) in [5.74, 6) is 0.323. The summed E-state index contributed by atoms with van der Waals surface area (Å²) in [6.45, 7) is 6.05. The molecule has 2 aromatic rings. The summed E-state index contributed by atoms with van der Waals surface area (Å²) in [5.41, 5.74) is 0.674. The Morgan fingerprint density at radius 2 is 2.03 bits per heavy atom. The lowest BCUT2D eigenvalue weighted by Gasteiger charge is -2.17. The van der Waals surface area contributed by atoms with Crippen molar-refractivity contribution in [2.75, 3.05) is 13.7 Å². The molecule has 2 heterocycles. The lowest BCUT2D eigenvalue weighted by molar-refractivity contribution is -0.123. The fourth-order valence-corrected chi connectivity index (χ4v) is 4.29. The third-order valence-corrected chi connectivity index (χ3v) is 5.72. The second-order valence-electron chi connectivity index (χ2n) is 6.96. The van der Waals surface area contributed by atoms with Crippen LogP contribution in [0.3, 0.4) is 0 Å². The van der Waals surface area contributed by atoms with Crippen LogP contribution in [0.25, 0.3) is 6.08 Å². The van der Waals surface area contributed by atoms with Gasteiger partial charge in [-0.1, -0.05) is 0 Å². The molecule has 1 aromatic carbocycles. The summed E-state index contributed by atoms with van der Waals surface area (Å²) < 4.78 is 22.2. The van der Waals surface area contributed by atoms with Crippen molar-refractivity contribution in [3.05, 3.63) is 50.7 Å². The summed E-state index contributed by atoms with van der Waals surface area (Å²) in [6, 6.07) is 6.51. The number of amides is 2. The molecule has 170 valence electrons. The van der Waals surface area contributed by atoms with Crippen molar-refractivity contribution in [1.82, 2.24) is 4.90 Å². The van der Waals surface area contributed by atoms with E-state index in [2.05, 4.69) is 20.7 Å². The van der Waals surface area contributed by atoms with Crippen molar-refractivity contribution in [1.29, 1.82) is 0 Å². The first-order valence-electron chi connectivity index (χ1n) is 9.78. The number of rotatable bonds is 8. The molecule has 0 spiro atoms. The molecule has 1 saturated heterocycles. The normalized spacial score (nSPS) is 15.1. The number of halogens is 1. The Kier molecular flexibility index (Phi) is 7.68. The number of carbonyl (C=O) groups is 3. The van der Waals surface area contributed by atoms with Gasteiger partial charge in [0.2, 0.25) is 5.76 Å². The number of nitrogens with zero attached hydrogens (tertiary/aromatic N) is 1. The van der Waals surface area contributed by atoms with Gasteiger partial charge in [-0.15, -0.1) is 0 Å². The van der Waals surface area contributed by atoms with Crippen LogP contribution in [0.2, 0.25) is 0 Å². The Bertz CT molecular complexity index is 1080. The van der Waals surface area contributed by atoms with Gasteiger partial charge in [-0.05, 0) is 84.4 Å². The molecule has 0 aliphatic carbocycles. The standard InChI is InChI=1S/C22H22BrNO7S/c1-5-29-17-9-13(8-15(23)19(17)30-12(2)3)10-18-20(25)24(22(27)32-18)11-14-6-7-16(31-14)21(26)28-4/h6-10,12H,5,11H2,1-4H3/b18-10+. The zero-order chi connectivity index (χ0) is 23.4. The van der Waals surface area contributed by atoms with Crippen LogP contribution in [0.1, 0.15) is 42.6 Å². The zero-order valence-electron chi connectivity index (χ0n) is 18.0. The highest BCUT2D eigenvalue weighted by atomic mass is 79.9. The van der Waals surface area contributed by atoms with E-state index in [4.69, 9.17) is 13.9 Å². The van der Waals surface area contributed by atoms with Crippen LogP contribution in [0.15, 0.2) is 38.1 Å². The number of esters is 1. The van der Waals surface area contributed by atoms with Crippen molar-refractivity contribution in [3.8, 4) is 11.5 Å². The molecular weight excluding hydrogens is 502 g/mol. The summed E-state index contributed by atoms with van der Waals surface area (Å²) in [7, 11) is 1.24. The number of thioether (sulfide) groups is 1. The predicted molar refractivity (Wildman–Crippen MR) is 123 cm³/mol. The van der Waals surface area contributed by atoms with E-state index in [0.29, 0.717) is 33.9 Å². The summed E-state index contributed by atoms with van der Waals surface area (Å²) in [4.78, 5) is 38.1. The molecule has 0 N–H and O–H groups in total. The van der Waals surface area contributed by atoms with Gasteiger partial charge in [0.15, 0.2) is 11.5 Å². The first-order chi connectivity index (χ1) is 15.2. The smallest absolute Gasteiger partial charge is 0.373 e. The Morgan fingerprint density at radius 3 is 2.69 bits per heavy atom. The van der Waals surface area contributed by atoms with Gasteiger partial charge in [-0.2, -0.15) is 0 Å². The van der Waals surface area contributed by atoms with Crippen LogP contribution in [-0.2, 0) is 16.1 Å². The molecule has 2 amide bonds. The molecule has 0 unspecified atom stereocenters. The summed E-state index contributed by atoms with van der Waals surface area (Å²) in [6.07, 6.45) is 1.58. The molecule has 8 nitrogen and oxygen atoms in total. The minimum Gasteiger partial charge on any atom is -0.490 e. The summed E-state index contributed by atoms with van der Waals surface area (Å²) >= 11 is 4.33. The molecule has 3 rings (SSSR count). The van der Waals surface area contributed by atoms with Gasteiger partial charge in [0, 0.05) is 0 Å². The number of benzene rings is 1. The number of ether oxygens (including phenoxy) is 3. The maximum Gasteiger partial charge on any atom is 0.373 e. The SMILES string of the molecule is CCOc1cc(/C=C2/SC(=O)N(Cc3ccc(C(=O)OC)o3)C2=O)cc(Br)c1OC(C)C. The van der Waals surface area contributed by atoms with Gasteiger partial charge in [-0.3, -0.25) is 14.5 Å². The molecule has 10 heteroatoms. The summed E-state index contributed by atoms with van der Waals surface area (Å²) in [5, 5.41) is -0.430. The van der Waals surface area contributed by atoms with Gasteiger partial charge in [0.05, 0.1) is 35.7 Å². The Balaban J connectivity index is 1.83. The molecular formula is C22H22BrNO7S. The Hall–Kier alpha value is -2.72. The van der Waals surface area contributed by atoms with E-state index in [-0.39, 0.29) is 23.3 Å². The van der Waals surface area contributed by atoms with Crippen molar-refractivity contribution >= 4 is 50.9 Å². The van der Waals surface area contributed by atoms with Gasteiger partial charge in [-0.25, -0.2) is 4.79 Å². The molecule has 0 atom stereocenters. The van der Waals surface area contributed by atoms with E-state index in [1.54, 1.807) is 18.2 Å². The maximum absolute atomic E-state index is 12.8. The number of hydrogen-bond donors (Lipinski definition) is 0. The fraction of sp³-hybridized carbons (Fsp3) is 0.318. The highest BCUT2D eigenvalue weighted by molar-refractivity contribution is 9.10. The first-order valence-corrected chi connectivity index (χ1v) is 11.4. The molecule has 32 heavy (non-hydrogen) atoms. The highest BCUT2D eigenvalue weighted by Gasteiger charge is 2.36. The predicted octanol–water partition coefficient (Wildman–Crippen LogP) is 5.25. The molecule has 1 aliphatic rings. The minimum atomic E-state index is -0.633. The van der Waals surface area contributed by atoms with Gasteiger partial charge in [0.1, 0.15) is 5.76 Å². The zero-order valence-corrected chi connectivity index (χ0v) is 20.4. The number of hydrogen-bond acceptors (Lipinski definition) is 8. The second kappa shape index (κ2) is 10.3. The van der Waals surface area contributed by atoms with Crippen molar-refractivity contribution < 1.29 is 33.0 Å². The second-order valence-corrected chi connectivity index (χ2v) is 8.80. The van der Waals surface area contributed by atoms with Crippen molar-refractivity contribution in [2.45, 2.75) is 33.4 Å². The van der Waals surface area contributed by atoms with E-state index < -0.39 is 17.1 Å². The molecule has 0 saturated carbocycles. The average molecular weight is 524 g/mol. The maximum atomic E-state index is 12.8. The van der Waals surface area contributed by atoms with Crippen LogP contribution >= 0.6 is 27.7 Å². The topological polar surface area (TPSA) is 95.3 Å². The molecule has 1 aromatic heterocycles. The molecule has 0 bridgehead atoms. The van der Waals surface area contributed by atoms with E-state index in [9.17, 15) is 14.4 Å². The monoisotopic (exact) mass is 523 g/mol. The van der Waals surface area contributed by atoms with E-state index in [1.807, 2.05) is 20.8 Å². The third-order valence-electron chi connectivity index (χ3n) is 4.22. The number of methoxy groups -OCH3 is 1. The van der Waals surface area contributed by atoms with E-state index in [0.717, 1.165) is 16.7 Å². The highest BCUT2D eigenvalue weighted by Crippen LogP contribution is 2.40. The van der Waals surface area contributed by atoms with E-state index >= 15 is 0 Å². The Morgan fingerprint density at radius 1 is 1.28 bits per heavy atom. The quantitative estimate of drug-likeness (QED) is 0.341. The first kappa shape index (κ1) is 23.9. The number of furan rings is 1. The van der Waals surface area contributed by atoms with Crippen LogP contribution < -0.4 is 9.47 Å². The lowest BCUT2D eigenvalue weighted by atomic mass is 10.1. The fourth-order valence-electron chi connectivity index (χ4n) is 2.90. The third kappa shape index (κ3) is 5.36. The number of carbonyl (C=O) groups excluding carboxylic acids is 3. The van der Waals surface area contributed by atoms with Gasteiger partial charge in [0.25, 0.3) is 11.1 Å². The van der Waals surface area contributed by atoms with Crippen LogP contribution in [-0.4, -0.2) is 41.8 Å². The number of imide groups is 1. The van der Waals surface area contributed by atoms with Crippen molar-refractivity contribution in [3.63, 3.8) is 0 Å². The molecule has 1 aliphatic heterocycles. The van der Waals surface area contributed by atoms with Crippen LogP contribution in [0, 0.1) is 0 Å². The molecule has 0 radical (unpaired) electrons. The van der Waals surface area contributed by atoms with E-state index in [1.165, 1.54) is 19.2 Å². The average Bonchev–Trinajstić information content (AvgIpc) is 3.30. The van der Waals surface area contributed by atoms with Crippen molar-refractivity contribution in [2.24, 2.45) is 0 Å². The largest absolute Gasteiger partial charge is 0.490 e. The Labute approximate surface area is 198 Å². The minimum absolute atomic E-state index is 0.00187. The van der Waals surface area contributed by atoms with Gasteiger partial charge >= 0.3 is 5.97 Å². The lowest BCUT2D eigenvalue weighted by Crippen LogP contribution is -2.27. The van der Waals surface area contributed by atoms with Crippen LogP contribution in [0.5, 0.6) is 11.5 Å².